The van der Waals surface area contributed by atoms with E-state index in [9.17, 15) is 0 Å². The molecular formula is C86H57N3. The molecule has 0 spiro atoms. The van der Waals surface area contributed by atoms with E-state index in [0.717, 1.165) is 28.8 Å². The molecule has 0 aliphatic heterocycles. The van der Waals surface area contributed by atoms with Gasteiger partial charge in [0.2, 0.25) is 0 Å². The van der Waals surface area contributed by atoms with Crippen molar-refractivity contribution in [3.63, 3.8) is 0 Å². The monoisotopic (exact) mass is 1130 g/mol. The zero-order chi connectivity index (χ0) is 58.5. The van der Waals surface area contributed by atoms with Gasteiger partial charge >= 0.3 is 0 Å². The molecule has 0 fully saturated rings. The molecule has 0 bridgehead atoms. The maximum atomic E-state index is 2.47. The molecule has 1 aliphatic rings. The maximum absolute atomic E-state index is 2.47. The first kappa shape index (κ1) is 50.8. The third-order valence-electron chi connectivity index (χ3n) is 18.9. The molecule has 89 heavy (non-hydrogen) atoms. The average Bonchev–Trinajstić information content (AvgIpc) is 2.28. The minimum absolute atomic E-state index is 0.316. The molecule has 1 unspecified atom stereocenters. The van der Waals surface area contributed by atoms with Gasteiger partial charge in [-0.3, -0.25) is 0 Å². The molecule has 0 saturated carbocycles. The van der Waals surface area contributed by atoms with Crippen molar-refractivity contribution in [1.82, 2.24) is 13.7 Å². The number of hydrogen-bond donors (Lipinski definition) is 0. The summed E-state index contributed by atoms with van der Waals surface area (Å²) in [6.45, 7) is 0. The van der Waals surface area contributed by atoms with Crippen LogP contribution in [-0.2, 0) is 0 Å². The van der Waals surface area contributed by atoms with E-state index >= 15 is 0 Å². The summed E-state index contributed by atoms with van der Waals surface area (Å²) >= 11 is 0. The van der Waals surface area contributed by atoms with Crippen LogP contribution >= 0.6 is 0 Å². The van der Waals surface area contributed by atoms with Crippen molar-refractivity contribution in [2.24, 2.45) is 0 Å². The predicted octanol–water partition coefficient (Wildman–Crippen LogP) is 23.2. The van der Waals surface area contributed by atoms with E-state index in [0.29, 0.717) is 5.92 Å². The lowest BCUT2D eigenvalue weighted by molar-refractivity contribution is 0.849. The molecule has 1 atom stereocenters. The van der Waals surface area contributed by atoms with Crippen molar-refractivity contribution in [1.29, 1.82) is 0 Å². The maximum Gasteiger partial charge on any atom is 0.0541 e. The quantitative estimate of drug-likeness (QED) is 0.128. The standard InChI is InChI=1S/C86H57N3/c1-4-20-56(21-5-1)60-26-18-28-67(50-60)88-79-36-16-14-30-69(79)75-52-62(40-46-81(75)88)64-42-48-83-77(54-64)78-55-65(63-41-47-82-76(53-63)70-31-15-17-37-80(70)89(82)68-29-19-27-61(51-68)57-22-6-2-7-23-57)43-49-84(78)87(83)66-44-38-59(39-45-66)86-73-34-12-10-32-71(73)85(58-24-8-3-9-25-58)72-33-11-13-35-74(72)86/h1-26,28-55,61H,27H2. The second-order valence-corrected chi connectivity index (χ2v) is 23.9. The van der Waals surface area contributed by atoms with E-state index < -0.39 is 0 Å². The van der Waals surface area contributed by atoms with Crippen LogP contribution in [0.1, 0.15) is 17.9 Å². The van der Waals surface area contributed by atoms with Crippen molar-refractivity contribution in [2.75, 3.05) is 0 Å². The molecular weight excluding hydrogens is 1070 g/mol. The molecule has 0 amide bonds. The van der Waals surface area contributed by atoms with E-state index in [1.54, 1.807) is 0 Å². The fourth-order valence-electron chi connectivity index (χ4n) is 14.9. The van der Waals surface area contributed by atoms with E-state index in [-0.39, 0.29) is 0 Å². The third kappa shape index (κ3) is 8.27. The molecule has 416 valence electrons. The fraction of sp³-hybridized carbons (Fsp3) is 0.0233. The highest BCUT2D eigenvalue weighted by Crippen LogP contribution is 2.46. The Balaban J connectivity index is 0.798. The lowest BCUT2D eigenvalue weighted by Crippen LogP contribution is -2.03. The average molecular weight is 1130 g/mol. The van der Waals surface area contributed by atoms with Crippen LogP contribution in [0.5, 0.6) is 0 Å². The van der Waals surface area contributed by atoms with Gasteiger partial charge in [0.15, 0.2) is 0 Å². The Kier molecular flexibility index (Phi) is 11.7. The Morgan fingerprint density at radius 2 is 0.596 bits per heavy atom. The number of aromatic nitrogens is 3. The Hall–Kier alpha value is -11.5. The van der Waals surface area contributed by atoms with Crippen LogP contribution in [0.25, 0.3) is 160 Å². The number of nitrogens with zero attached hydrogens (tertiary/aromatic N) is 3. The van der Waals surface area contributed by atoms with Gasteiger partial charge in [-0.1, -0.05) is 237 Å². The van der Waals surface area contributed by atoms with Gasteiger partial charge in [0.25, 0.3) is 0 Å². The lowest BCUT2D eigenvalue weighted by atomic mass is 9.86. The van der Waals surface area contributed by atoms with Crippen molar-refractivity contribution < 1.29 is 0 Å². The number of hydrogen-bond acceptors (Lipinski definition) is 0. The summed E-state index contributed by atoms with van der Waals surface area (Å²) in [7, 11) is 0. The molecule has 3 heteroatoms. The predicted molar refractivity (Wildman–Crippen MR) is 378 cm³/mol. The fourth-order valence-corrected chi connectivity index (χ4v) is 14.9. The number of benzene rings is 14. The van der Waals surface area contributed by atoms with Crippen molar-refractivity contribution in [3.8, 4) is 67.0 Å². The molecule has 18 rings (SSSR count). The first-order valence-electron chi connectivity index (χ1n) is 31.0. The molecule has 3 heterocycles. The summed E-state index contributed by atoms with van der Waals surface area (Å²) in [6.07, 6.45) is 8.09. The molecule has 3 nitrogen and oxygen atoms in total. The first-order valence-corrected chi connectivity index (χ1v) is 31.0. The van der Waals surface area contributed by atoms with Crippen LogP contribution in [-0.4, -0.2) is 13.7 Å². The number of fused-ring (bicyclic) bond motifs is 11. The third-order valence-corrected chi connectivity index (χ3v) is 18.9. The molecule has 14 aromatic carbocycles. The number of allylic oxidation sites excluding steroid dienone is 4. The van der Waals surface area contributed by atoms with Crippen LogP contribution in [0.2, 0.25) is 0 Å². The lowest BCUT2D eigenvalue weighted by Gasteiger charge is -2.19. The van der Waals surface area contributed by atoms with E-state index in [1.807, 2.05) is 0 Å². The van der Waals surface area contributed by atoms with Gasteiger partial charge < -0.3 is 13.7 Å². The summed E-state index contributed by atoms with van der Waals surface area (Å²) in [6, 6.07) is 115. The summed E-state index contributed by atoms with van der Waals surface area (Å²) in [5, 5.41) is 12.4. The molecule has 3 aromatic heterocycles. The largest absolute Gasteiger partial charge is 0.310 e. The topological polar surface area (TPSA) is 14.8 Å². The highest BCUT2D eigenvalue weighted by atomic mass is 15.0. The second kappa shape index (κ2) is 20.6. The minimum Gasteiger partial charge on any atom is -0.310 e. The van der Waals surface area contributed by atoms with Crippen LogP contribution in [0.4, 0.5) is 0 Å². The van der Waals surface area contributed by atoms with Gasteiger partial charge in [0.1, 0.15) is 0 Å². The van der Waals surface area contributed by atoms with E-state index in [1.165, 1.54) is 143 Å². The smallest absolute Gasteiger partial charge is 0.0541 e. The van der Waals surface area contributed by atoms with Gasteiger partial charge in [0, 0.05) is 55.3 Å². The van der Waals surface area contributed by atoms with Crippen LogP contribution in [0.15, 0.2) is 328 Å². The Labute approximate surface area is 515 Å². The SMILES string of the molecule is C1=CC(n2c3ccccc3c3cc(-c4ccc5c(c4)c4cc(-c6ccc7c(c6)c6ccccc6n7-c6cccc(-c7ccccc7)c6)ccc4n5-c4ccc(-c5c6ccccc6c(-c6ccccc6)c6ccccc56)cc4)ccc32)=CC(c2ccccc2)C1. The van der Waals surface area contributed by atoms with Crippen molar-refractivity contribution in [2.45, 2.75) is 12.3 Å². The molecule has 0 N–H and O–H groups in total. The Bertz CT molecular complexity index is 5680. The van der Waals surface area contributed by atoms with Crippen LogP contribution in [0, 0.1) is 0 Å². The molecule has 1 aliphatic carbocycles. The van der Waals surface area contributed by atoms with Gasteiger partial charge in [-0.05, 0) is 180 Å². The summed E-state index contributed by atoms with van der Waals surface area (Å²) in [5.74, 6) is 0.316. The van der Waals surface area contributed by atoms with Crippen molar-refractivity contribution >= 4 is 92.7 Å². The van der Waals surface area contributed by atoms with Crippen LogP contribution < -0.4 is 0 Å². The molecule has 0 saturated heterocycles. The minimum atomic E-state index is 0.316. The van der Waals surface area contributed by atoms with Crippen molar-refractivity contribution in [3.05, 3.63) is 333 Å². The Morgan fingerprint density at radius 1 is 0.236 bits per heavy atom. The first-order chi connectivity index (χ1) is 44.1. The highest BCUT2D eigenvalue weighted by Gasteiger charge is 2.22. The summed E-state index contributed by atoms with van der Waals surface area (Å²) in [5.41, 5.74) is 24.0. The van der Waals surface area contributed by atoms with Gasteiger partial charge in [-0.25, -0.2) is 0 Å². The van der Waals surface area contributed by atoms with Gasteiger partial charge in [-0.2, -0.15) is 0 Å². The highest BCUT2D eigenvalue weighted by molar-refractivity contribution is 6.22. The van der Waals surface area contributed by atoms with E-state index in [2.05, 4.69) is 341 Å². The van der Waals surface area contributed by atoms with Gasteiger partial charge in [-0.15, -0.1) is 0 Å². The second-order valence-electron chi connectivity index (χ2n) is 23.9. The number of para-hydroxylation sites is 2. The summed E-state index contributed by atoms with van der Waals surface area (Å²) in [4.78, 5) is 0. The zero-order valence-corrected chi connectivity index (χ0v) is 48.8. The molecule has 17 aromatic rings. The number of rotatable bonds is 9. The van der Waals surface area contributed by atoms with E-state index in [4.69, 9.17) is 0 Å². The Morgan fingerprint density at radius 3 is 1.11 bits per heavy atom. The summed E-state index contributed by atoms with van der Waals surface area (Å²) < 4.78 is 7.37. The van der Waals surface area contributed by atoms with Crippen LogP contribution in [0.3, 0.4) is 0 Å². The van der Waals surface area contributed by atoms with Gasteiger partial charge in [0.05, 0.1) is 33.1 Å². The normalized spacial score (nSPS) is 13.5. The zero-order valence-electron chi connectivity index (χ0n) is 48.8. The molecule has 0 radical (unpaired) electrons.